The van der Waals surface area contributed by atoms with Crippen LogP contribution < -0.4 is 0 Å². The molecule has 4 rings (SSSR count). The van der Waals surface area contributed by atoms with E-state index in [1.807, 2.05) is 6.08 Å². The average Bonchev–Trinajstić information content (AvgIpc) is 2.77. The Morgan fingerprint density at radius 2 is 1.73 bits per heavy atom. The summed E-state index contributed by atoms with van der Waals surface area (Å²) >= 11 is 0. The Balaban J connectivity index is 1.75. The number of allylic oxidation sites excluding steroid dienone is 1. The quantitative estimate of drug-likeness (QED) is 0.667. The van der Waals surface area contributed by atoms with Gasteiger partial charge in [0.2, 0.25) is 0 Å². The summed E-state index contributed by atoms with van der Waals surface area (Å²) in [7, 11) is 0. The second-order valence-corrected chi connectivity index (χ2v) is 8.94. The van der Waals surface area contributed by atoms with Gasteiger partial charge in [-0.3, -0.25) is 9.59 Å². The first-order chi connectivity index (χ1) is 10.4. The maximum absolute atomic E-state index is 12.5. The predicted molar refractivity (Wildman–Crippen MR) is 86.3 cm³/mol. The van der Waals surface area contributed by atoms with Crippen LogP contribution in [0.25, 0.3) is 0 Å². The molecular weight excluding hydrogens is 272 g/mol. The van der Waals surface area contributed by atoms with E-state index in [0.717, 1.165) is 38.5 Å². The van der Waals surface area contributed by atoms with E-state index in [0.29, 0.717) is 35.2 Å². The zero-order valence-corrected chi connectivity index (χ0v) is 14.2. The third kappa shape index (κ3) is 1.73. The molecule has 6 atom stereocenters. The molecule has 0 saturated heterocycles. The highest BCUT2D eigenvalue weighted by atomic mass is 16.1. The van der Waals surface area contributed by atoms with Crippen LogP contribution in [0.3, 0.4) is 0 Å². The molecule has 4 aliphatic carbocycles. The molecule has 0 amide bonds. The molecule has 0 heterocycles. The van der Waals surface area contributed by atoms with E-state index >= 15 is 0 Å². The number of hydrogen-bond acceptors (Lipinski definition) is 2. The van der Waals surface area contributed by atoms with Crippen molar-refractivity contribution in [1.82, 2.24) is 0 Å². The van der Waals surface area contributed by atoms with Crippen molar-refractivity contribution in [2.75, 3.05) is 0 Å². The van der Waals surface area contributed by atoms with Gasteiger partial charge in [-0.2, -0.15) is 0 Å². The van der Waals surface area contributed by atoms with Crippen LogP contribution in [0.2, 0.25) is 0 Å². The van der Waals surface area contributed by atoms with E-state index in [2.05, 4.69) is 20.8 Å². The fourth-order valence-electron chi connectivity index (χ4n) is 6.68. The molecule has 4 aliphatic rings. The van der Waals surface area contributed by atoms with Crippen LogP contribution in [0, 0.1) is 34.5 Å². The van der Waals surface area contributed by atoms with Crippen LogP contribution >= 0.6 is 0 Å². The Bertz CT molecular complexity index is 574. The molecule has 3 fully saturated rings. The molecule has 0 N–H and O–H groups in total. The van der Waals surface area contributed by atoms with Gasteiger partial charge in [-0.15, -0.1) is 0 Å². The minimum atomic E-state index is -0.0442. The number of carbonyl (C=O) groups is 2. The first-order valence-electron chi connectivity index (χ1n) is 9.13. The highest BCUT2D eigenvalue weighted by Gasteiger charge is 2.60. The van der Waals surface area contributed by atoms with Crippen LogP contribution in [-0.4, -0.2) is 11.6 Å². The normalized spacial score (nSPS) is 51.0. The van der Waals surface area contributed by atoms with E-state index < -0.39 is 0 Å². The molecule has 120 valence electrons. The predicted octanol–water partition coefficient (Wildman–Crippen LogP) is 4.33. The van der Waals surface area contributed by atoms with E-state index in [1.165, 1.54) is 12.0 Å². The van der Waals surface area contributed by atoms with Crippen LogP contribution in [0.5, 0.6) is 0 Å². The van der Waals surface area contributed by atoms with Crippen molar-refractivity contribution in [2.45, 2.75) is 65.7 Å². The summed E-state index contributed by atoms with van der Waals surface area (Å²) < 4.78 is 0. The largest absolute Gasteiger partial charge is 0.299 e. The maximum atomic E-state index is 12.5. The Kier molecular flexibility index (Phi) is 3.03. The van der Waals surface area contributed by atoms with Gasteiger partial charge in [-0.25, -0.2) is 0 Å². The van der Waals surface area contributed by atoms with Gasteiger partial charge in [0.15, 0.2) is 5.78 Å². The van der Waals surface area contributed by atoms with Crippen molar-refractivity contribution in [3.63, 3.8) is 0 Å². The fraction of sp³-hybridized carbons (Fsp3) is 0.800. The van der Waals surface area contributed by atoms with Crippen molar-refractivity contribution in [3.8, 4) is 0 Å². The van der Waals surface area contributed by atoms with Crippen molar-refractivity contribution >= 4 is 11.6 Å². The molecule has 2 heteroatoms. The van der Waals surface area contributed by atoms with Crippen molar-refractivity contribution in [2.24, 2.45) is 34.5 Å². The van der Waals surface area contributed by atoms with Gasteiger partial charge in [0.25, 0.3) is 0 Å². The van der Waals surface area contributed by atoms with Gasteiger partial charge in [-0.05, 0) is 67.3 Å². The Hall–Kier alpha value is -0.920. The van der Waals surface area contributed by atoms with Gasteiger partial charge in [0.1, 0.15) is 5.78 Å². The summed E-state index contributed by atoms with van der Waals surface area (Å²) in [6.07, 6.45) is 8.95. The SMILES string of the molecule is CC1CC2=CC(=O)CCC2(C)C2CCC3(C)C(=O)CCC3C12. The Morgan fingerprint density at radius 3 is 2.50 bits per heavy atom. The molecule has 3 saturated carbocycles. The van der Waals surface area contributed by atoms with E-state index in [1.54, 1.807) is 0 Å². The van der Waals surface area contributed by atoms with Gasteiger partial charge in [-0.1, -0.05) is 26.3 Å². The minimum absolute atomic E-state index is 0.0442. The van der Waals surface area contributed by atoms with Crippen molar-refractivity contribution < 1.29 is 9.59 Å². The van der Waals surface area contributed by atoms with Gasteiger partial charge >= 0.3 is 0 Å². The number of carbonyl (C=O) groups excluding carboxylic acids is 2. The molecule has 0 radical (unpaired) electrons. The van der Waals surface area contributed by atoms with Gasteiger partial charge in [0.05, 0.1) is 0 Å². The van der Waals surface area contributed by atoms with Gasteiger partial charge in [0, 0.05) is 18.3 Å². The number of fused-ring (bicyclic) bond motifs is 5. The zero-order valence-electron chi connectivity index (χ0n) is 14.2. The standard InChI is InChI=1S/C20H28O2/c1-12-10-13-11-14(21)6-8-19(13,2)16-7-9-20(3)15(18(12)16)4-5-17(20)22/h11-12,15-16,18H,4-10H2,1-3H3. The van der Waals surface area contributed by atoms with Crippen LogP contribution in [0.15, 0.2) is 11.6 Å². The zero-order chi connectivity index (χ0) is 15.7. The number of rotatable bonds is 0. The lowest BCUT2D eigenvalue weighted by Crippen LogP contribution is -2.53. The second kappa shape index (κ2) is 4.55. The molecule has 0 spiro atoms. The Labute approximate surface area is 133 Å². The topological polar surface area (TPSA) is 34.1 Å². The maximum Gasteiger partial charge on any atom is 0.155 e. The summed E-state index contributed by atoms with van der Waals surface area (Å²) in [5.41, 5.74) is 1.60. The average molecular weight is 300 g/mol. The summed E-state index contributed by atoms with van der Waals surface area (Å²) in [5.74, 6) is 3.42. The molecule has 0 aromatic carbocycles. The van der Waals surface area contributed by atoms with Crippen LogP contribution in [-0.2, 0) is 9.59 Å². The lowest BCUT2D eigenvalue weighted by atomic mass is 9.45. The second-order valence-electron chi connectivity index (χ2n) is 8.94. The smallest absolute Gasteiger partial charge is 0.155 e. The van der Waals surface area contributed by atoms with Crippen LogP contribution in [0.1, 0.15) is 65.7 Å². The fourth-order valence-corrected chi connectivity index (χ4v) is 6.68. The van der Waals surface area contributed by atoms with Crippen molar-refractivity contribution in [3.05, 3.63) is 11.6 Å². The molecule has 2 nitrogen and oxygen atoms in total. The van der Waals surface area contributed by atoms with E-state index in [9.17, 15) is 9.59 Å². The van der Waals surface area contributed by atoms with E-state index in [4.69, 9.17) is 0 Å². The first kappa shape index (κ1) is 14.7. The molecular formula is C20H28O2. The van der Waals surface area contributed by atoms with E-state index in [-0.39, 0.29) is 10.8 Å². The Morgan fingerprint density at radius 1 is 1.00 bits per heavy atom. The number of hydrogen-bond donors (Lipinski definition) is 0. The molecule has 0 aromatic rings. The van der Waals surface area contributed by atoms with Gasteiger partial charge < -0.3 is 0 Å². The number of ketones is 2. The number of Topliss-reactive ketones (excluding diaryl/α,β-unsaturated/α-hetero) is 1. The third-order valence-electron chi connectivity index (χ3n) is 8.02. The first-order valence-corrected chi connectivity index (χ1v) is 9.13. The third-order valence-corrected chi connectivity index (χ3v) is 8.02. The summed E-state index contributed by atoms with van der Waals surface area (Å²) in [5, 5.41) is 0. The molecule has 0 aliphatic heterocycles. The minimum Gasteiger partial charge on any atom is -0.299 e. The lowest BCUT2D eigenvalue weighted by molar-refractivity contribution is -0.134. The molecule has 6 unspecified atom stereocenters. The summed E-state index contributed by atoms with van der Waals surface area (Å²) in [6.45, 7) is 7.02. The molecule has 0 aromatic heterocycles. The summed E-state index contributed by atoms with van der Waals surface area (Å²) in [4.78, 5) is 24.3. The summed E-state index contributed by atoms with van der Waals surface area (Å²) in [6, 6.07) is 0. The highest BCUT2D eigenvalue weighted by Crippen LogP contribution is 2.65. The lowest BCUT2D eigenvalue weighted by Gasteiger charge is -2.59. The van der Waals surface area contributed by atoms with Crippen molar-refractivity contribution in [1.29, 1.82) is 0 Å². The molecule has 22 heavy (non-hydrogen) atoms. The molecule has 0 bridgehead atoms. The highest BCUT2D eigenvalue weighted by molar-refractivity contribution is 5.91. The monoisotopic (exact) mass is 300 g/mol. The van der Waals surface area contributed by atoms with Crippen LogP contribution in [0.4, 0.5) is 0 Å².